The second-order valence-corrected chi connectivity index (χ2v) is 3.50. The summed E-state index contributed by atoms with van der Waals surface area (Å²) in [4.78, 5) is 10.8. The second kappa shape index (κ2) is 4.89. The van der Waals surface area contributed by atoms with Gasteiger partial charge in [0.1, 0.15) is 5.56 Å². The third-order valence-corrected chi connectivity index (χ3v) is 2.71. The normalized spacial score (nSPS) is 15.8. The van der Waals surface area contributed by atoms with Crippen LogP contribution in [0.15, 0.2) is 6.20 Å². The Balaban J connectivity index is 0.000000980. The van der Waals surface area contributed by atoms with Crippen LogP contribution in [0, 0.1) is 0 Å². The molecule has 0 aliphatic heterocycles. The second-order valence-electron chi connectivity index (χ2n) is 3.50. The Kier molecular flexibility index (Phi) is 4.33. The molecule has 0 atom stereocenters. The summed E-state index contributed by atoms with van der Waals surface area (Å²) in [7, 11) is 1.81. The standard InChI is InChI=1S/C9H12N2O2.K.H/c1-11-8(6-3-2-4-6)7(5-10-11)9(12)13;;/h5-6H,2-4H2,1H3,(H,12,13);;. The van der Waals surface area contributed by atoms with Crippen LogP contribution in [0.3, 0.4) is 0 Å². The molecule has 1 aliphatic rings. The van der Waals surface area contributed by atoms with Crippen LogP contribution in [0.1, 0.15) is 41.2 Å². The molecule has 0 aromatic carbocycles. The van der Waals surface area contributed by atoms with E-state index >= 15 is 0 Å². The minimum atomic E-state index is -0.866. The summed E-state index contributed by atoms with van der Waals surface area (Å²) in [5.74, 6) is -0.450. The molecule has 1 aromatic heterocycles. The van der Waals surface area contributed by atoms with E-state index < -0.39 is 5.97 Å². The molecule has 0 radical (unpaired) electrons. The molecule has 0 spiro atoms. The molecule has 0 unspecified atom stereocenters. The first-order valence-corrected chi connectivity index (χ1v) is 4.45. The van der Waals surface area contributed by atoms with Crippen LogP contribution in [0.4, 0.5) is 0 Å². The summed E-state index contributed by atoms with van der Waals surface area (Å²) < 4.78 is 1.69. The number of rotatable bonds is 2. The summed E-state index contributed by atoms with van der Waals surface area (Å²) in [5.41, 5.74) is 1.26. The summed E-state index contributed by atoms with van der Waals surface area (Å²) in [6.45, 7) is 0. The number of aryl methyl sites for hydroxylation is 1. The van der Waals surface area contributed by atoms with Gasteiger partial charge in [0.05, 0.1) is 11.9 Å². The zero-order chi connectivity index (χ0) is 9.42. The molecule has 1 aliphatic carbocycles. The van der Waals surface area contributed by atoms with E-state index in [1.165, 1.54) is 12.6 Å². The van der Waals surface area contributed by atoms with Crippen molar-refractivity contribution in [3.8, 4) is 0 Å². The van der Waals surface area contributed by atoms with Gasteiger partial charge in [0.15, 0.2) is 0 Å². The maximum atomic E-state index is 10.8. The number of aromatic nitrogens is 2. The quantitative estimate of drug-likeness (QED) is 0.748. The summed E-state index contributed by atoms with van der Waals surface area (Å²) in [5, 5.41) is 12.9. The Labute approximate surface area is 125 Å². The van der Waals surface area contributed by atoms with E-state index in [9.17, 15) is 4.79 Å². The Hall–Kier alpha value is 0.316. The van der Waals surface area contributed by atoms with Gasteiger partial charge in [-0.05, 0) is 12.8 Å². The topological polar surface area (TPSA) is 55.1 Å². The molecule has 72 valence electrons. The van der Waals surface area contributed by atoms with Crippen LogP contribution in [-0.4, -0.2) is 72.2 Å². The fourth-order valence-electron chi connectivity index (χ4n) is 1.78. The first-order valence-electron chi connectivity index (χ1n) is 4.45. The number of hydrogen-bond donors (Lipinski definition) is 1. The molecule has 1 fully saturated rings. The molecule has 5 heteroatoms. The van der Waals surface area contributed by atoms with Gasteiger partial charge < -0.3 is 5.11 Å². The van der Waals surface area contributed by atoms with Gasteiger partial charge in [-0.3, -0.25) is 4.68 Å². The number of carboxylic acids is 1. The van der Waals surface area contributed by atoms with E-state index in [0.717, 1.165) is 18.5 Å². The molecular formula is C9H13KN2O2. The Morgan fingerprint density at radius 2 is 2.29 bits per heavy atom. The molecule has 0 saturated heterocycles. The van der Waals surface area contributed by atoms with Crippen molar-refractivity contribution in [3.05, 3.63) is 17.5 Å². The predicted octanol–water partition coefficient (Wildman–Crippen LogP) is 0.737. The summed E-state index contributed by atoms with van der Waals surface area (Å²) >= 11 is 0. The molecule has 1 saturated carbocycles. The van der Waals surface area contributed by atoms with E-state index in [1.807, 2.05) is 0 Å². The minimum absolute atomic E-state index is 0. The van der Waals surface area contributed by atoms with E-state index in [2.05, 4.69) is 5.10 Å². The third-order valence-electron chi connectivity index (χ3n) is 2.71. The Morgan fingerprint density at radius 3 is 2.71 bits per heavy atom. The first-order chi connectivity index (χ1) is 6.20. The fourth-order valence-corrected chi connectivity index (χ4v) is 1.78. The van der Waals surface area contributed by atoms with Crippen LogP contribution in [0.25, 0.3) is 0 Å². The van der Waals surface area contributed by atoms with Crippen molar-refractivity contribution in [1.29, 1.82) is 0 Å². The zero-order valence-electron chi connectivity index (χ0n) is 7.53. The Morgan fingerprint density at radius 1 is 1.64 bits per heavy atom. The van der Waals surface area contributed by atoms with Crippen LogP contribution >= 0.6 is 0 Å². The SMILES string of the molecule is Cn1ncc(C(=O)O)c1C1CCC1.[KH]. The molecular weight excluding hydrogens is 207 g/mol. The molecule has 1 aromatic rings. The van der Waals surface area contributed by atoms with E-state index in [1.54, 1.807) is 11.7 Å². The van der Waals surface area contributed by atoms with Crippen LogP contribution in [-0.2, 0) is 7.05 Å². The molecule has 2 rings (SSSR count). The number of carbonyl (C=O) groups is 1. The van der Waals surface area contributed by atoms with E-state index in [0.29, 0.717) is 11.5 Å². The van der Waals surface area contributed by atoms with E-state index in [4.69, 9.17) is 5.11 Å². The molecule has 0 bridgehead atoms. The number of aromatic carboxylic acids is 1. The van der Waals surface area contributed by atoms with Crippen molar-refractivity contribution in [2.24, 2.45) is 7.05 Å². The van der Waals surface area contributed by atoms with Gasteiger partial charge >= 0.3 is 57.4 Å². The number of nitrogens with zero attached hydrogens (tertiary/aromatic N) is 2. The number of hydrogen-bond acceptors (Lipinski definition) is 2. The van der Waals surface area contributed by atoms with Crippen LogP contribution in [0.2, 0.25) is 0 Å². The van der Waals surface area contributed by atoms with Crippen molar-refractivity contribution in [3.63, 3.8) is 0 Å². The van der Waals surface area contributed by atoms with Gasteiger partial charge in [-0.2, -0.15) is 5.10 Å². The van der Waals surface area contributed by atoms with Gasteiger partial charge in [0, 0.05) is 13.0 Å². The van der Waals surface area contributed by atoms with Crippen molar-refractivity contribution in [2.45, 2.75) is 25.2 Å². The molecule has 4 nitrogen and oxygen atoms in total. The van der Waals surface area contributed by atoms with Crippen molar-refractivity contribution in [1.82, 2.24) is 9.78 Å². The molecule has 1 N–H and O–H groups in total. The van der Waals surface area contributed by atoms with Crippen molar-refractivity contribution >= 4 is 57.4 Å². The fraction of sp³-hybridized carbons (Fsp3) is 0.556. The van der Waals surface area contributed by atoms with Gasteiger partial charge in [0.25, 0.3) is 0 Å². The predicted molar refractivity (Wildman–Crippen MR) is 53.9 cm³/mol. The molecule has 1 heterocycles. The average molecular weight is 220 g/mol. The first kappa shape index (κ1) is 12.4. The maximum absolute atomic E-state index is 10.8. The third kappa shape index (κ3) is 2.11. The monoisotopic (exact) mass is 220 g/mol. The van der Waals surface area contributed by atoms with Gasteiger partial charge in [0.2, 0.25) is 0 Å². The van der Waals surface area contributed by atoms with Gasteiger partial charge in [-0.25, -0.2) is 4.79 Å². The summed E-state index contributed by atoms with van der Waals surface area (Å²) in [6.07, 6.45) is 4.84. The van der Waals surface area contributed by atoms with Crippen LogP contribution < -0.4 is 0 Å². The van der Waals surface area contributed by atoms with Crippen LogP contribution in [0.5, 0.6) is 0 Å². The Bertz CT molecular complexity index is 345. The van der Waals surface area contributed by atoms with Crippen molar-refractivity contribution in [2.75, 3.05) is 0 Å². The van der Waals surface area contributed by atoms with Crippen molar-refractivity contribution < 1.29 is 9.90 Å². The molecule has 0 amide bonds. The van der Waals surface area contributed by atoms with E-state index in [-0.39, 0.29) is 51.4 Å². The zero-order valence-corrected chi connectivity index (χ0v) is 7.53. The van der Waals surface area contributed by atoms with Gasteiger partial charge in [-0.15, -0.1) is 0 Å². The summed E-state index contributed by atoms with van der Waals surface area (Å²) in [6, 6.07) is 0. The molecule has 14 heavy (non-hydrogen) atoms. The van der Waals surface area contributed by atoms with Gasteiger partial charge in [-0.1, -0.05) is 6.42 Å². The number of carboxylic acid groups (broad SMARTS) is 1. The average Bonchev–Trinajstić information content (AvgIpc) is 2.30.